The lowest BCUT2D eigenvalue weighted by Crippen LogP contribution is -2.04. The predicted molar refractivity (Wildman–Crippen MR) is 104 cm³/mol. The second-order valence-electron chi connectivity index (χ2n) is 6.37. The van der Waals surface area contributed by atoms with E-state index >= 15 is 0 Å². The molecule has 4 rings (SSSR count). The number of benzene rings is 3. The summed E-state index contributed by atoms with van der Waals surface area (Å²) in [5, 5.41) is 9.08. The Bertz CT molecular complexity index is 1130. The van der Waals surface area contributed by atoms with E-state index in [-0.39, 0.29) is 12.2 Å². The molecule has 0 unspecified atom stereocenters. The fourth-order valence-electron chi connectivity index (χ4n) is 3.02. The van der Waals surface area contributed by atoms with Crippen molar-refractivity contribution >= 4 is 11.1 Å². The number of fused-ring (bicyclic) bond motifs is 1. The van der Waals surface area contributed by atoms with Gasteiger partial charge in [-0.05, 0) is 42.0 Å². The first kappa shape index (κ1) is 17.7. The van der Waals surface area contributed by atoms with Crippen LogP contribution < -0.4 is 4.74 Å². The summed E-state index contributed by atoms with van der Waals surface area (Å²) in [4.78, 5) is 4.51. The fraction of sp³-hybridized carbons (Fsp3) is 0.130. The number of ether oxygens (including phenoxy) is 1. The number of hydrogen-bond acceptors (Lipinski definition) is 4. The molecule has 0 saturated carbocycles. The van der Waals surface area contributed by atoms with E-state index < -0.39 is 0 Å². The molecule has 0 N–H and O–H groups in total. The maximum atomic E-state index is 13.3. The summed E-state index contributed by atoms with van der Waals surface area (Å²) < 4.78 is 25.1. The summed E-state index contributed by atoms with van der Waals surface area (Å²) >= 11 is 0. The third-order valence-electron chi connectivity index (χ3n) is 4.41. The lowest BCUT2D eigenvalue weighted by molar-refractivity contribution is 0.319. The van der Waals surface area contributed by atoms with Gasteiger partial charge in [-0.25, -0.2) is 9.37 Å². The van der Waals surface area contributed by atoms with Gasteiger partial charge in [0.2, 0.25) is 5.89 Å². The topological polar surface area (TPSA) is 59.0 Å². The van der Waals surface area contributed by atoms with Gasteiger partial charge in [0.05, 0.1) is 19.1 Å². The molecule has 0 aliphatic rings. The van der Waals surface area contributed by atoms with E-state index in [1.165, 1.54) is 12.1 Å². The zero-order chi connectivity index (χ0) is 19.3. The maximum Gasteiger partial charge on any atom is 0.227 e. The van der Waals surface area contributed by atoms with E-state index in [9.17, 15) is 4.39 Å². The van der Waals surface area contributed by atoms with Gasteiger partial charge in [0.15, 0.2) is 5.58 Å². The average Bonchev–Trinajstić information content (AvgIpc) is 3.14. The van der Waals surface area contributed by atoms with Crippen molar-refractivity contribution in [1.82, 2.24) is 4.98 Å². The van der Waals surface area contributed by atoms with Crippen molar-refractivity contribution in [2.75, 3.05) is 6.61 Å². The van der Waals surface area contributed by atoms with Crippen molar-refractivity contribution < 1.29 is 13.5 Å². The van der Waals surface area contributed by atoms with Gasteiger partial charge in [-0.2, -0.15) is 5.26 Å². The standard InChI is InChI=1S/C23H17FN2O2/c24-19-5-3-4-16(14-19)11-13-27-22-15-18(9-8-17(22)10-12-25)23-26-20-6-1-2-7-21(20)28-23/h1-9,14-15H,10-11,13H2. The number of nitrogens with zero attached hydrogens (tertiary/aromatic N) is 2. The number of nitriles is 1. The van der Waals surface area contributed by atoms with E-state index in [2.05, 4.69) is 11.1 Å². The summed E-state index contributed by atoms with van der Waals surface area (Å²) in [6.07, 6.45) is 0.806. The molecule has 0 aliphatic carbocycles. The molecule has 0 aliphatic heterocycles. The van der Waals surface area contributed by atoms with Crippen molar-refractivity contribution in [2.45, 2.75) is 12.8 Å². The third-order valence-corrected chi connectivity index (χ3v) is 4.41. The van der Waals surface area contributed by atoms with E-state index in [0.29, 0.717) is 30.3 Å². The molecule has 0 fully saturated rings. The molecule has 0 amide bonds. The van der Waals surface area contributed by atoms with Crippen molar-refractivity contribution in [1.29, 1.82) is 5.26 Å². The normalized spacial score (nSPS) is 10.7. The fourth-order valence-corrected chi connectivity index (χ4v) is 3.02. The van der Waals surface area contributed by atoms with Crippen LogP contribution in [0.4, 0.5) is 4.39 Å². The van der Waals surface area contributed by atoms with Gasteiger partial charge in [0.1, 0.15) is 17.1 Å². The Hall–Kier alpha value is -3.65. The molecule has 1 heterocycles. The molecule has 5 heteroatoms. The highest BCUT2D eigenvalue weighted by Crippen LogP contribution is 2.29. The molecule has 28 heavy (non-hydrogen) atoms. The molecule has 0 saturated heterocycles. The zero-order valence-corrected chi connectivity index (χ0v) is 15.1. The molecule has 1 aromatic heterocycles. The van der Waals surface area contributed by atoms with Crippen molar-refractivity contribution in [3.8, 4) is 23.3 Å². The van der Waals surface area contributed by atoms with Gasteiger partial charge >= 0.3 is 0 Å². The number of rotatable bonds is 6. The van der Waals surface area contributed by atoms with Crippen molar-refractivity contribution in [3.05, 3.63) is 83.7 Å². The monoisotopic (exact) mass is 372 g/mol. The number of aromatic nitrogens is 1. The van der Waals surface area contributed by atoms with Crippen LogP contribution in [-0.4, -0.2) is 11.6 Å². The molecule has 3 aromatic carbocycles. The Morgan fingerprint density at radius 1 is 1.04 bits per heavy atom. The van der Waals surface area contributed by atoms with Gasteiger partial charge in [0.25, 0.3) is 0 Å². The SMILES string of the molecule is N#CCc1ccc(-c2nc3ccccc3o2)cc1OCCc1cccc(F)c1. The Labute approximate surface area is 161 Å². The first-order chi connectivity index (χ1) is 13.7. The molecule has 4 aromatic rings. The molecule has 0 spiro atoms. The second kappa shape index (κ2) is 7.93. The minimum absolute atomic E-state index is 0.239. The summed E-state index contributed by atoms with van der Waals surface area (Å²) in [7, 11) is 0. The van der Waals surface area contributed by atoms with Crippen molar-refractivity contribution in [2.24, 2.45) is 0 Å². The smallest absolute Gasteiger partial charge is 0.227 e. The number of hydrogen-bond donors (Lipinski definition) is 0. The molecule has 4 nitrogen and oxygen atoms in total. The van der Waals surface area contributed by atoms with Crippen LogP contribution in [0.5, 0.6) is 5.75 Å². The molecule has 0 radical (unpaired) electrons. The molecular formula is C23H17FN2O2. The van der Waals surface area contributed by atoms with Crippen molar-refractivity contribution in [3.63, 3.8) is 0 Å². The molecule has 138 valence electrons. The van der Waals surface area contributed by atoms with Gasteiger partial charge in [-0.3, -0.25) is 0 Å². The minimum atomic E-state index is -0.263. The van der Waals surface area contributed by atoms with Crippen LogP contribution in [0.3, 0.4) is 0 Å². The van der Waals surface area contributed by atoms with Crippen LogP contribution in [0, 0.1) is 17.1 Å². The Kier molecular flexibility index (Phi) is 5.03. The largest absolute Gasteiger partial charge is 0.493 e. The van der Waals surface area contributed by atoms with Crippen LogP contribution in [0.25, 0.3) is 22.6 Å². The lowest BCUT2D eigenvalue weighted by Gasteiger charge is -2.11. The molecule has 0 bridgehead atoms. The van der Waals surface area contributed by atoms with Gasteiger partial charge < -0.3 is 9.15 Å². The van der Waals surface area contributed by atoms with E-state index in [1.54, 1.807) is 6.07 Å². The highest BCUT2D eigenvalue weighted by atomic mass is 19.1. The van der Waals surface area contributed by atoms with Crippen LogP contribution in [-0.2, 0) is 12.8 Å². The highest BCUT2D eigenvalue weighted by Gasteiger charge is 2.12. The Morgan fingerprint density at radius 3 is 2.75 bits per heavy atom. The third kappa shape index (κ3) is 3.86. The van der Waals surface area contributed by atoms with Crippen LogP contribution in [0.1, 0.15) is 11.1 Å². The van der Waals surface area contributed by atoms with Gasteiger partial charge in [0, 0.05) is 17.5 Å². The van der Waals surface area contributed by atoms with E-state index in [1.807, 2.05) is 48.5 Å². The first-order valence-electron chi connectivity index (χ1n) is 8.96. The summed E-state index contributed by atoms with van der Waals surface area (Å²) in [6.45, 7) is 0.374. The predicted octanol–water partition coefficient (Wildman–Crippen LogP) is 5.32. The Balaban J connectivity index is 1.57. The van der Waals surface area contributed by atoms with Gasteiger partial charge in [-0.15, -0.1) is 0 Å². The summed E-state index contributed by atoms with van der Waals surface area (Å²) in [5.74, 6) is 0.845. The number of oxazole rings is 1. The van der Waals surface area contributed by atoms with Gasteiger partial charge in [-0.1, -0.05) is 30.3 Å². The summed E-state index contributed by atoms with van der Waals surface area (Å²) in [6, 6.07) is 21.7. The Morgan fingerprint density at radius 2 is 1.93 bits per heavy atom. The van der Waals surface area contributed by atoms with E-state index in [4.69, 9.17) is 14.4 Å². The maximum absolute atomic E-state index is 13.3. The van der Waals surface area contributed by atoms with Crippen LogP contribution in [0.15, 0.2) is 71.1 Å². The second-order valence-corrected chi connectivity index (χ2v) is 6.37. The first-order valence-corrected chi connectivity index (χ1v) is 8.96. The quantitative estimate of drug-likeness (QED) is 0.459. The van der Waals surface area contributed by atoms with Crippen LogP contribution >= 0.6 is 0 Å². The van der Waals surface area contributed by atoms with Crippen LogP contribution in [0.2, 0.25) is 0 Å². The number of halogens is 1. The summed E-state index contributed by atoms with van der Waals surface area (Å²) in [5.41, 5.74) is 3.93. The highest BCUT2D eigenvalue weighted by molar-refractivity contribution is 5.76. The average molecular weight is 372 g/mol. The number of para-hydroxylation sites is 2. The molecular weight excluding hydrogens is 355 g/mol. The molecule has 0 atom stereocenters. The zero-order valence-electron chi connectivity index (χ0n) is 15.1. The van der Waals surface area contributed by atoms with E-state index in [0.717, 1.165) is 22.2 Å². The minimum Gasteiger partial charge on any atom is -0.493 e. The lowest BCUT2D eigenvalue weighted by atomic mass is 10.1.